The molecule has 3 N–H and O–H groups in total. The number of sulfone groups is 1. The molecule has 2 aromatic rings. The highest BCUT2D eigenvalue weighted by atomic mass is 35.5. The first-order valence-corrected chi connectivity index (χ1v) is 12.3. The predicted molar refractivity (Wildman–Crippen MR) is 121 cm³/mol. The molecule has 32 heavy (non-hydrogen) atoms. The largest absolute Gasteiger partial charge is 0.362 e. The lowest BCUT2D eigenvalue weighted by Crippen LogP contribution is -2.65. The van der Waals surface area contributed by atoms with Gasteiger partial charge in [0.25, 0.3) is 5.91 Å². The highest BCUT2D eigenvalue weighted by Gasteiger charge is 2.55. The molecule has 1 aromatic heterocycles. The third-order valence-corrected chi connectivity index (χ3v) is 9.17. The lowest BCUT2D eigenvalue weighted by molar-refractivity contribution is 0.102. The molecule has 2 atom stereocenters. The van der Waals surface area contributed by atoms with Crippen molar-refractivity contribution in [3.8, 4) is 0 Å². The molecule has 1 saturated carbocycles. The molecule has 0 bridgehead atoms. The lowest BCUT2D eigenvalue weighted by Gasteiger charge is -2.45. The first kappa shape index (κ1) is 22.7. The summed E-state index contributed by atoms with van der Waals surface area (Å²) in [6, 6.07) is 6.93. The number of hydrogen-bond donors (Lipinski definition) is 3. The number of hydrogen-bond acceptors (Lipinski definition) is 5. The van der Waals surface area contributed by atoms with E-state index in [4.69, 9.17) is 17.0 Å². The number of amides is 1. The number of aromatic nitrogens is 1. The number of nitrogens with zero attached hydrogens (tertiary/aromatic N) is 1. The first-order chi connectivity index (χ1) is 14.9. The van der Waals surface area contributed by atoms with Crippen LogP contribution in [0.15, 0.2) is 36.5 Å². The van der Waals surface area contributed by atoms with Crippen molar-refractivity contribution >= 4 is 38.9 Å². The van der Waals surface area contributed by atoms with Crippen LogP contribution < -0.4 is 10.6 Å². The Morgan fingerprint density at radius 2 is 2.03 bits per heavy atom. The SMILES string of the molecule is C[C@@]1(c2cc(NC(=O)c3ccc(Cl)cn3)ccc2F)CS(=O)(=O)[C@](C)(CC2CC2)C(=N)N1. The van der Waals surface area contributed by atoms with Gasteiger partial charge < -0.3 is 10.6 Å². The molecular weight excluding hydrogens is 455 g/mol. The van der Waals surface area contributed by atoms with Crippen molar-refractivity contribution in [1.29, 1.82) is 5.41 Å². The summed E-state index contributed by atoms with van der Waals surface area (Å²) in [6.45, 7) is 3.13. The summed E-state index contributed by atoms with van der Waals surface area (Å²) < 4.78 is 40.1. The minimum atomic E-state index is -3.75. The predicted octanol–water partition coefficient (Wildman–Crippen LogP) is 3.90. The van der Waals surface area contributed by atoms with E-state index < -0.39 is 31.8 Å². The number of pyridine rings is 1. The maximum absolute atomic E-state index is 14.9. The van der Waals surface area contributed by atoms with Crippen LogP contribution in [0.25, 0.3) is 0 Å². The van der Waals surface area contributed by atoms with E-state index in [-0.39, 0.29) is 28.5 Å². The zero-order chi connectivity index (χ0) is 23.3. The van der Waals surface area contributed by atoms with E-state index in [0.29, 0.717) is 17.4 Å². The van der Waals surface area contributed by atoms with Crippen LogP contribution in [0, 0.1) is 17.1 Å². The van der Waals surface area contributed by atoms with Crippen molar-refractivity contribution in [2.75, 3.05) is 11.1 Å². The van der Waals surface area contributed by atoms with Crippen molar-refractivity contribution in [2.24, 2.45) is 5.92 Å². The third-order valence-electron chi connectivity index (χ3n) is 6.25. The van der Waals surface area contributed by atoms with Crippen molar-refractivity contribution in [1.82, 2.24) is 10.3 Å². The highest BCUT2D eigenvalue weighted by molar-refractivity contribution is 7.93. The normalized spacial score (nSPS) is 26.9. The van der Waals surface area contributed by atoms with Gasteiger partial charge in [0.2, 0.25) is 0 Å². The van der Waals surface area contributed by atoms with Gasteiger partial charge in [-0.2, -0.15) is 0 Å². The van der Waals surface area contributed by atoms with Crippen molar-refractivity contribution in [3.63, 3.8) is 0 Å². The van der Waals surface area contributed by atoms with E-state index >= 15 is 0 Å². The van der Waals surface area contributed by atoms with E-state index in [1.165, 1.54) is 36.5 Å². The fourth-order valence-corrected chi connectivity index (χ4v) is 6.39. The van der Waals surface area contributed by atoms with Crippen LogP contribution in [0.1, 0.15) is 49.2 Å². The van der Waals surface area contributed by atoms with Crippen molar-refractivity contribution in [2.45, 2.75) is 43.4 Å². The Kier molecular flexibility index (Phi) is 5.53. The van der Waals surface area contributed by atoms with Crippen molar-refractivity contribution in [3.05, 3.63) is 58.6 Å². The van der Waals surface area contributed by atoms with Crippen LogP contribution in [-0.4, -0.2) is 35.6 Å². The quantitative estimate of drug-likeness (QED) is 0.603. The molecule has 1 saturated heterocycles. The number of rotatable bonds is 5. The van der Waals surface area contributed by atoms with Gasteiger partial charge in [-0.05, 0) is 56.5 Å². The van der Waals surface area contributed by atoms with E-state index in [2.05, 4.69) is 15.6 Å². The Morgan fingerprint density at radius 1 is 1.31 bits per heavy atom. The second-order valence-corrected chi connectivity index (χ2v) is 11.8. The molecule has 2 aliphatic rings. The molecule has 2 heterocycles. The maximum atomic E-state index is 14.9. The lowest BCUT2D eigenvalue weighted by atomic mass is 9.90. The topological polar surface area (TPSA) is 112 Å². The first-order valence-electron chi connectivity index (χ1n) is 10.3. The number of carbonyl (C=O) groups is 1. The van der Waals surface area contributed by atoms with Gasteiger partial charge in [0.15, 0.2) is 9.84 Å². The van der Waals surface area contributed by atoms with Gasteiger partial charge in [-0.15, -0.1) is 0 Å². The molecule has 0 unspecified atom stereocenters. The Bertz CT molecular complexity index is 1200. The molecule has 1 amide bonds. The molecule has 170 valence electrons. The summed E-state index contributed by atoms with van der Waals surface area (Å²) in [5.41, 5.74) is -0.896. The Hall–Kier alpha value is -2.52. The van der Waals surface area contributed by atoms with Gasteiger partial charge in [-0.1, -0.05) is 24.4 Å². The molecule has 1 aliphatic heterocycles. The second-order valence-electron chi connectivity index (χ2n) is 8.98. The molecule has 2 fully saturated rings. The Labute approximate surface area is 191 Å². The van der Waals surface area contributed by atoms with E-state index in [0.717, 1.165) is 12.8 Å². The molecule has 1 aliphatic carbocycles. The average molecular weight is 479 g/mol. The fourth-order valence-electron chi connectivity index (χ4n) is 4.12. The minimum Gasteiger partial charge on any atom is -0.362 e. The number of amidine groups is 1. The number of carbonyl (C=O) groups excluding carboxylic acids is 1. The summed E-state index contributed by atoms with van der Waals surface area (Å²) in [5.74, 6) is -1.33. The number of nitrogens with one attached hydrogen (secondary N) is 3. The van der Waals surface area contributed by atoms with Gasteiger partial charge in [0.1, 0.15) is 22.1 Å². The van der Waals surface area contributed by atoms with Gasteiger partial charge in [-0.3, -0.25) is 10.2 Å². The average Bonchev–Trinajstić information content (AvgIpc) is 3.52. The van der Waals surface area contributed by atoms with Gasteiger partial charge in [0.05, 0.1) is 16.3 Å². The van der Waals surface area contributed by atoms with Crippen LogP contribution >= 0.6 is 11.6 Å². The van der Waals surface area contributed by atoms with Crippen LogP contribution in [-0.2, 0) is 15.4 Å². The van der Waals surface area contributed by atoms with Crippen LogP contribution in [0.4, 0.5) is 10.1 Å². The molecular formula is C22H24ClFN4O3S. The molecule has 4 rings (SSSR count). The van der Waals surface area contributed by atoms with Gasteiger partial charge in [0, 0.05) is 17.4 Å². The van der Waals surface area contributed by atoms with Crippen molar-refractivity contribution < 1.29 is 17.6 Å². The van der Waals surface area contributed by atoms with Crippen LogP contribution in [0.2, 0.25) is 5.02 Å². The number of benzene rings is 1. The number of anilines is 1. The highest BCUT2D eigenvalue weighted by Crippen LogP contribution is 2.44. The van der Waals surface area contributed by atoms with Gasteiger partial charge >= 0.3 is 0 Å². The summed E-state index contributed by atoms with van der Waals surface area (Å²) in [6.07, 6.45) is 3.67. The standard InChI is InChI=1S/C22H24ClFN4O3S/c1-21(12-32(30,31)22(2,20(25)28-21)10-13-3-4-13)16-9-15(6-7-17(16)24)27-19(29)18-8-5-14(23)11-26-18/h5-9,11,13H,3-4,10,12H2,1-2H3,(H2,25,28)(H,27,29)/t21-,22+/m0/s1. The monoisotopic (exact) mass is 478 g/mol. The summed E-state index contributed by atoms with van der Waals surface area (Å²) in [7, 11) is -3.75. The Morgan fingerprint density at radius 3 is 2.62 bits per heavy atom. The third kappa shape index (κ3) is 4.11. The van der Waals surface area contributed by atoms with Crippen LogP contribution in [0.3, 0.4) is 0 Å². The molecule has 10 heteroatoms. The zero-order valence-electron chi connectivity index (χ0n) is 17.7. The van der Waals surface area contributed by atoms with E-state index in [1.807, 2.05) is 0 Å². The second kappa shape index (κ2) is 7.81. The summed E-state index contributed by atoms with van der Waals surface area (Å²) >= 11 is 5.79. The summed E-state index contributed by atoms with van der Waals surface area (Å²) in [5, 5.41) is 14.5. The fraction of sp³-hybridized carbons (Fsp3) is 0.409. The zero-order valence-corrected chi connectivity index (χ0v) is 19.3. The van der Waals surface area contributed by atoms with E-state index in [9.17, 15) is 17.6 Å². The number of halogens is 2. The Balaban J connectivity index is 1.62. The minimum absolute atomic E-state index is 0.0566. The van der Waals surface area contributed by atoms with Crippen LogP contribution in [0.5, 0.6) is 0 Å². The smallest absolute Gasteiger partial charge is 0.274 e. The molecule has 1 aromatic carbocycles. The van der Waals surface area contributed by atoms with E-state index in [1.54, 1.807) is 13.8 Å². The molecule has 0 spiro atoms. The van der Waals surface area contributed by atoms with Gasteiger partial charge in [-0.25, -0.2) is 17.8 Å². The maximum Gasteiger partial charge on any atom is 0.274 e. The molecule has 0 radical (unpaired) electrons. The summed E-state index contributed by atoms with van der Waals surface area (Å²) in [4.78, 5) is 16.4. The molecule has 7 nitrogen and oxygen atoms in total.